The second-order valence-electron chi connectivity index (χ2n) is 8.07. The lowest BCUT2D eigenvalue weighted by atomic mass is 10.1. The molecule has 0 aliphatic carbocycles. The summed E-state index contributed by atoms with van der Waals surface area (Å²) >= 11 is 0. The number of carbonyl (C=O) groups excluding carboxylic acids is 2. The number of hydrogen-bond acceptors (Lipinski definition) is 6. The summed E-state index contributed by atoms with van der Waals surface area (Å²) in [6.07, 6.45) is 0.672. The van der Waals surface area contributed by atoms with E-state index in [-0.39, 0.29) is 36.1 Å². The van der Waals surface area contributed by atoms with Crippen LogP contribution in [0.2, 0.25) is 0 Å². The van der Waals surface area contributed by atoms with Gasteiger partial charge in [-0.2, -0.15) is 0 Å². The van der Waals surface area contributed by atoms with Gasteiger partial charge in [-0.05, 0) is 31.5 Å². The number of non-ortho nitro benzene ring substituents is 1. The van der Waals surface area contributed by atoms with E-state index in [9.17, 15) is 24.5 Å². The van der Waals surface area contributed by atoms with Gasteiger partial charge in [-0.1, -0.05) is 17.7 Å². The van der Waals surface area contributed by atoms with Gasteiger partial charge < -0.3 is 14.2 Å². The maximum Gasteiger partial charge on any atom is 0.419 e. The van der Waals surface area contributed by atoms with Gasteiger partial charge in [0.1, 0.15) is 0 Å². The molecule has 0 saturated carbocycles. The molecular weight excluding hydrogens is 428 g/mol. The molecular formula is C23H24N4O6. The van der Waals surface area contributed by atoms with Crippen molar-refractivity contribution in [1.29, 1.82) is 0 Å². The topological polar surface area (TPSA) is 119 Å². The van der Waals surface area contributed by atoms with Gasteiger partial charge in [0.05, 0.1) is 16.5 Å². The maximum atomic E-state index is 12.6. The molecule has 4 rings (SSSR count). The summed E-state index contributed by atoms with van der Waals surface area (Å²) in [7, 11) is 0. The standard InChI is InChI=1S/C23H24N4O6/c1-16-4-6-17(7-5-16)22(29)25-13-11-24(12-14-25)21(28)3-2-10-26-19-9-8-18(27(31)32)15-20(19)33-23(26)30/h4-9,15H,2-3,10-14H2,1H3. The smallest absolute Gasteiger partial charge is 0.407 e. The van der Waals surface area contributed by atoms with Gasteiger partial charge in [0.2, 0.25) is 5.91 Å². The normalized spacial score (nSPS) is 14.0. The number of aromatic nitrogens is 1. The van der Waals surface area contributed by atoms with Gasteiger partial charge in [0, 0.05) is 50.8 Å². The Labute approximate surface area is 189 Å². The molecule has 0 spiro atoms. The molecule has 2 heterocycles. The molecule has 1 fully saturated rings. The van der Waals surface area contributed by atoms with Crippen molar-refractivity contribution in [2.24, 2.45) is 0 Å². The monoisotopic (exact) mass is 452 g/mol. The van der Waals surface area contributed by atoms with Crippen molar-refractivity contribution < 1.29 is 18.9 Å². The molecule has 0 unspecified atom stereocenters. The van der Waals surface area contributed by atoms with Crippen LogP contribution in [0.1, 0.15) is 28.8 Å². The number of nitro groups is 1. The molecule has 2 aromatic carbocycles. The van der Waals surface area contributed by atoms with Crippen molar-refractivity contribution in [2.75, 3.05) is 26.2 Å². The first-order valence-electron chi connectivity index (χ1n) is 10.7. The highest BCUT2D eigenvalue weighted by atomic mass is 16.6. The third-order valence-electron chi connectivity index (χ3n) is 5.85. The Hall–Kier alpha value is -3.95. The number of aryl methyl sites for hydroxylation is 2. The molecule has 10 heteroatoms. The Morgan fingerprint density at radius 2 is 1.70 bits per heavy atom. The number of carbonyl (C=O) groups is 2. The van der Waals surface area contributed by atoms with Gasteiger partial charge in [0.15, 0.2) is 5.58 Å². The summed E-state index contributed by atoms with van der Waals surface area (Å²) in [5.74, 6) is -0.677. The van der Waals surface area contributed by atoms with E-state index in [1.165, 1.54) is 22.8 Å². The van der Waals surface area contributed by atoms with Crippen LogP contribution < -0.4 is 5.76 Å². The van der Waals surface area contributed by atoms with Crippen molar-refractivity contribution in [3.8, 4) is 0 Å². The van der Waals surface area contributed by atoms with E-state index >= 15 is 0 Å². The molecule has 0 atom stereocenters. The zero-order chi connectivity index (χ0) is 23.5. The number of rotatable bonds is 6. The van der Waals surface area contributed by atoms with Gasteiger partial charge in [-0.25, -0.2) is 4.79 Å². The average Bonchev–Trinajstić information content (AvgIpc) is 3.13. The predicted octanol–water partition coefficient (Wildman–Crippen LogP) is 2.58. The molecule has 0 radical (unpaired) electrons. The van der Waals surface area contributed by atoms with E-state index in [1.807, 2.05) is 31.2 Å². The van der Waals surface area contributed by atoms with Crippen LogP contribution in [0, 0.1) is 17.0 Å². The van der Waals surface area contributed by atoms with Crippen molar-refractivity contribution in [3.63, 3.8) is 0 Å². The fourth-order valence-electron chi connectivity index (χ4n) is 3.96. The van der Waals surface area contributed by atoms with Crippen LogP contribution in [0.3, 0.4) is 0 Å². The fraction of sp³-hybridized carbons (Fsp3) is 0.348. The third-order valence-corrected chi connectivity index (χ3v) is 5.85. The highest BCUT2D eigenvalue weighted by Gasteiger charge is 2.24. The minimum atomic E-state index is -0.610. The highest BCUT2D eigenvalue weighted by Crippen LogP contribution is 2.20. The first-order chi connectivity index (χ1) is 15.8. The first-order valence-corrected chi connectivity index (χ1v) is 10.7. The van der Waals surface area contributed by atoms with Gasteiger partial charge in [-0.3, -0.25) is 24.3 Å². The fourth-order valence-corrected chi connectivity index (χ4v) is 3.96. The van der Waals surface area contributed by atoms with Crippen LogP contribution in [-0.2, 0) is 11.3 Å². The molecule has 1 saturated heterocycles. The number of hydrogen-bond donors (Lipinski definition) is 0. The van der Waals surface area contributed by atoms with E-state index in [0.29, 0.717) is 43.7 Å². The summed E-state index contributed by atoms with van der Waals surface area (Å²) in [4.78, 5) is 51.2. The van der Waals surface area contributed by atoms with Gasteiger partial charge >= 0.3 is 5.76 Å². The van der Waals surface area contributed by atoms with Crippen molar-refractivity contribution >= 4 is 28.6 Å². The Kier molecular flexibility index (Phi) is 6.25. The minimum absolute atomic E-state index is 0.0334. The Morgan fingerprint density at radius 1 is 1.03 bits per heavy atom. The Balaban J connectivity index is 1.29. The number of benzene rings is 2. The second kappa shape index (κ2) is 9.27. The minimum Gasteiger partial charge on any atom is -0.407 e. The number of nitro benzene ring substituents is 1. The lowest BCUT2D eigenvalue weighted by Crippen LogP contribution is -2.50. The van der Waals surface area contributed by atoms with Crippen molar-refractivity contribution in [3.05, 3.63) is 74.3 Å². The Bertz CT molecular complexity index is 1250. The summed E-state index contributed by atoms with van der Waals surface area (Å²) < 4.78 is 6.49. The lowest BCUT2D eigenvalue weighted by molar-refractivity contribution is -0.384. The van der Waals surface area contributed by atoms with Crippen LogP contribution >= 0.6 is 0 Å². The van der Waals surface area contributed by atoms with E-state index in [1.54, 1.807) is 9.80 Å². The van der Waals surface area contributed by atoms with Crippen LogP contribution in [0.4, 0.5) is 5.69 Å². The number of piperazine rings is 1. The zero-order valence-electron chi connectivity index (χ0n) is 18.2. The van der Waals surface area contributed by atoms with Crippen LogP contribution in [0.15, 0.2) is 51.7 Å². The molecule has 0 N–H and O–H groups in total. The van der Waals surface area contributed by atoms with E-state index in [0.717, 1.165) is 5.56 Å². The number of fused-ring (bicyclic) bond motifs is 1. The lowest BCUT2D eigenvalue weighted by Gasteiger charge is -2.35. The molecule has 1 aliphatic heterocycles. The summed E-state index contributed by atoms with van der Waals surface area (Å²) in [6, 6.07) is 11.5. The number of amides is 2. The van der Waals surface area contributed by atoms with Crippen LogP contribution in [0.25, 0.3) is 11.1 Å². The van der Waals surface area contributed by atoms with Crippen LogP contribution in [-0.4, -0.2) is 57.3 Å². The predicted molar refractivity (Wildman–Crippen MR) is 120 cm³/mol. The average molecular weight is 452 g/mol. The SMILES string of the molecule is Cc1ccc(C(=O)N2CCN(C(=O)CCCn3c(=O)oc4cc([N+](=O)[O-])ccc43)CC2)cc1. The van der Waals surface area contributed by atoms with Gasteiger partial charge in [-0.15, -0.1) is 0 Å². The second-order valence-corrected chi connectivity index (χ2v) is 8.07. The van der Waals surface area contributed by atoms with Crippen molar-refractivity contribution in [1.82, 2.24) is 14.4 Å². The number of nitrogens with zero attached hydrogens (tertiary/aromatic N) is 4. The number of oxazole rings is 1. The zero-order valence-corrected chi connectivity index (χ0v) is 18.2. The molecule has 1 aromatic heterocycles. The first kappa shape index (κ1) is 22.3. The molecule has 2 amide bonds. The quantitative estimate of drug-likeness (QED) is 0.419. The van der Waals surface area contributed by atoms with Crippen molar-refractivity contribution in [2.45, 2.75) is 26.3 Å². The molecule has 3 aromatic rings. The summed E-state index contributed by atoms with van der Waals surface area (Å²) in [5.41, 5.74) is 2.19. The van der Waals surface area contributed by atoms with E-state index in [2.05, 4.69) is 0 Å². The Morgan fingerprint density at radius 3 is 2.36 bits per heavy atom. The molecule has 10 nitrogen and oxygen atoms in total. The van der Waals surface area contributed by atoms with Crippen LogP contribution in [0.5, 0.6) is 0 Å². The largest absolute Gasteiger partial charge is 0.419 e. The van der Waals surface area contributed by atoms with E-state index < -0.39 is 10.7 Å². The molecule has 172 valence electrons. The highest BCUT2D eigenvalue weighted by molar-refractivity contribution is 5.94. The third kappa shape index (κ3) is 4.79. The molecule has 33 heavy (non-hydrogen) atoms. The molecule has 1 aliphatic rings. The molecule has 0 bridgehead atoms. The summed E-state index contributed by atoms with van der Waals surface area (Å²) in [5, 5.41) is 10.9. The van der Waals surface area contributed by atoms with Gasteiger partial charge in [0.25, 0.3) is 11.6 Å². The summed E-state index contributed by atoms with van der Waals surface area (Å²) in [6.45, 7) is 4.12. The maximum absolute atomic E-state index is 12.6. The van der Waals surface area contributed by atoms with E-state index in [4.69, 9.17) is 4.42 Å².